The minimum absolute atomic E-state index is 0.0108. The van der Waals surface area contributed by atoms with Gasteiger partial charge in [0.25, 0.3) is 0 Å². The van der Waals surface area contributed by atoms with Crippen LogP contribution in [0.4, 0.5) is 11.4 Å². The number of methoxy groups -OCH3 is 1. The molecule has 0 saturated carbocycles. The van der Waals surface area contributed by atoms with E-state index >= 15 is 0 Å². The SMILES string of the molecule is COc1cccc(NC(=O)CN(C)C(C)C(=O)N2CCc3ccccc32)c1. The lowest BCUT2D eigenvalue weighted by Gasteiger charge is -2.28. The minimum atomic E-state index is -0.396. The summed E-state index contributed by atoms with van der Waals surface area (Å²) >= 11 is 0. The molecule has 1 unspecified atom stereocenters. The topological polar surface area (TPSA) is 61.9 Å². The van der Waals surface area contributed by atoms with Crippen molar-refractivity contribution in [1.82, 2.24) is 4.90 Å². The Hall–Kier alpha value is -2.86. The molecule has 0 radical (unpaired) electrons. The van der Waals surface area contributed by atoms with Gasteiger partial charge >= 0.3 is 0 Å². The van der Waals surface area contributed by atoms with E-state index in [0.29, 0.717) is 18.0 Å². The quantitative estimate of drug-likeness (QED) is 0.852. The second-order valence-electron chi connectivity index (χ2n) is 6.74. The molecule has 0 bridgehead atoms. The maximum atomic E-state index is 12.9. The highest BCUT2D eigenvalue weighted by Crippen LogP contribution is 2.28. The van der Waals surface area contributed by atoms with Crippen molar-refractivity contribution in [3.63, 3.8) is 0 Å². The third-order valence-corrected chi connectivity index (χ3v) is 4.92. The van der Waals surface area contributed by atoms with Crippen LogP contribution in [0.5, 0.6) is 5.75 Å². The van der Waals surface area contributed by atoms with Gasteiger partial charge in [-0.3, -0.25) is 14.5 Å². The van der Waals surface area contributed by atoms with E-state index in [1.807, 2.05) is 42.2 Å². The van der Waals surface area contributed by atoms with Crippen LogP contribution < -0.4 is 15.0 Å². The molecule has 0 aliphatic carbocycles. The number of carbonyl (C=O) groups is 2. The van der Waals surface area contributed by atoms with Gasteiger partial charge in [0.2, 0.25) is 11.8 Å². The molecule has 2 aromatic carbocycles. The number of rotatable bonds is 6. The summed E-state index contributed by atoms with van der Waals surface area (Å²) < 4.78 is 5.16. The monoisotopic (exact) mass is 367 g/mol. The lowest BCUT2D eigenvalue weighted by molar-refractivity contribution is -0.124. The molecule has 1 heterocycles. The second-order valence-corrected chi connectivity index (χ2v) is 6.74. The number of benzene rings is 2. The Morgan fingerprint density at radius 3 is 2.78 bits per heavy atom. The van der Waals surface area contributed by atoms with Crippen molar-refractivity contribution in [2.24, 2.45) is 0 Å². The van der Waals surface area contributed by atoms with Crippen LogP contribution in [-0.2, 0) is 16.0 Å². The number of carbonyl (C=O) groups excluding carboxylic acids is 2. The third-order valence-electron chi connectivity index (χ3n) is 4.92. The number of nitrogens with zero attached hydrogens (tertiary/aromatic N) is 2. The molecule has 142 valence electrons. The summed E-state index contributed by atoms with van der Waals surface area (Å²) in [5, 5.41) is 2.84. The molecule has 1 aliphatic rings. The summed E-state index contributed by atoms with van der Waals surface area (Å²) in [6.45, 7) is 2.65. The smallest absolute Gasteiger partial charge is 0.244 e. The molecule has 3 rings (SSSR count). The lowest BCUT2D eigenvalue weighted by atomic mass is 10.2. The van der Waals surface area contributed by atoms with Gasteiger partial charge in [0, 0.05) is 24.0 Å². The predicted molar refractivity (Wildman–Crippen MR) is 106 cm³/mol. The van der Waals surface area contributed by atoms with E-state index in [0.717, 1.165) is 12.1 Å². The minimum Gasteiger partial charge on any atom is -0.497 e. The Labute approximate surface area is 159 Å². The number of nitrogens with one attached hydrogen (secondary N) is 1. The molecule has 6 nitrogen and oxygen atoms in total. The van der Waals surface area contributed by atoms with Gasteiger partial charge in [-0.25, -0.2) is 0 Å². The van der Waals surface area contributed by atoms with Crippen molar-refractivity contribution in [3.8, 4) is 5.75 Å². The number of fused-ring (bicyclic) bond motifs is 1. The molecule has 1 N–H and O–H groups in total. The first-order chi connectivity index (χ1) is 13.0. The Balaban J connectivity index is 1.59. The third kappa shape index (κ3) is 4.28. The van der Waals surface area contributed by atoms with E-state index in [1.54, 1.807) is 31.2 Å². The summed E-state index contributed by atoms with van der Waals surface area (Å²) in [6, 6.07) is 14.8. The molecule has 6 heteroatoms. The number of hydrogen-bond donors (Lipinski definition) is 1. The van der Waals surface area contributed by atoms with E-state index in [1.165, 1.54) is 5.56 Å². The van der Waals surface area contributed by atoms with Crippen LogP contribution in [0.3, 0.4) is 0 Å². The van der Waals surface area contributed by atoms with Gasteiger partial charge in [-0.1, -0.05) is 24.3 Å². The normalized spacial score (nSPS) is 14.0. The van der Waals surface area contributed by atoms with Gasteiger partial charge in [-0.05, 0) is 44.2 Å². The number of anilines is 2. The average molecular weight is 367 g/mol. The summed E-state index contributed by atoms with van der Waals surface area (Å²) in [5.41, 5.74) is 2.83. The molecule has 0 spiro atoms. The van der Waals surface area contributed by atoms with E-state index in [9.17, 15) is 9.59 Å². The molecule has 0 fully saturated rings. The number of likely N-dealkylation sites (N-methyl/N-ethyl adjacent to an activating group) is 1. The van der Waals surface area contributed by atoms with Gasteiger partial charge in [0.15, 0.2) is 0 Å². The molecule has 0 aromatic heterocycles. The summed E-state index contributed by atoms with van der Waals surface area (Å²) in [6.07, 6.45) is 0.870. The van der Waals surface area contributed by atoms with Crippen LogP contribution >= 0.6 is 0 Å². The predicted octanol–water partition coefficient (Wildman–Crippen LogP) is 2.54. The first-order valence-electron chi connectivity index (χ1n) is 9.03. The van der Waals surface area contributed by atoms with Crippen LogP contribution in [0.15, 0.2) is 48.5 Å². The maximum Gasteiger partial charge on any atom is 0.244 e. The zero-order valence-corrected chi connectivity index (χ0v) is 15.9. The van der Waals surface area contributed by atoms with Crippen molar-refractivity contribution in [3.05, 3.63) is 54.1 Å². The highest BCUT2D eigenvalue weighted by molar-refractivity contribution is 5.99. The largest absolute Gasteiger partial charge is 0.497 e. The van der Waals surface area contributed by atoms with Crippen LogP contribution in [0.2, 0.25) is 0 Å². The maximum absolute atomic E-state index is 12.9. The fraction of sp³-hybridized carbons (Fsp3) is 0.333. The Morgan fingerprint density at radius 1 is 1.22 bits per heavy atom. The number of ether oxygens (including phenoxy) is 1. The zero-order valence-electron chi connectivity index (χ0n) is 15.9. The molecule has 1 atom stereocenters. The van der Waals surface area contributed by atoms with Gasteiger partial charge in [-0.2, -0.15) is 0 Å². The highest BCUT2D eigenvalue weighted by atomic mass is 16.5. The molecular formula is C21H25N3O3. The first-order valence-corrected chi connectivity index (χ1v) is 9.03. The fourth-order valence-electron chi connectivity index (χ4n) is 3.25. The summed E-state index contributed by atoms with van der Waals surface area (Å²) in [7, 11) is 3.37. The summed E-state index contributed by atoms with van der Waals surface area (Å²) in [5.74, 6) is 0.515. The standard InChI is InChI=1S/C21H25N3O3/c1-15(21(26)24-12-11-16-7-4-5-10-19(16)24)23(2)14-20(25)22-17-8-6-9-18(13-17)27-3/h4-10,13,15H,11-12,14H2,1-3H3,(H,22,25). The van der Waals surface area contributed by atoms with Crippen LogP contribution in [0.25, 0.3) is 0 Å². The second kappa shape index (κ2) is 8.22. The fourth-order valence-corrected chi connectivity index (χ4v) is 3.25. The van der Waals surface area contributed by atoms with Crippen molar-refractivity contribution < 1.29 is 14.3 Å². The van der Waals surface area contributed by atoms with E-state index < -0.39 is 6.04 Å². The van der Waals surface area contributed by atoms with E-state index in [4.69, 9.17) is 4.74 Å². The zero-order chi connectivity index (χ0) is 19.4. The number of amides is 2. The summed E-state index contributed by atoms with van der Waals surface area (Å²) in [4.78, 5) is 28.8. The van der Waals surface area contributed by atoms with Crippen molar-refractivity contribution >= 4 is 23.2 Å². The van der Waals surface area contributed by atoms with E-state index in [-0.39, 0.29) is 18.4 Å². The average Bonchev–Trinajstić information content (AvgIpc) is 3.11. The number of para-hydroxylation sites is 1. The van der Waals surface area contributed by atoms with E-state index in [2.05, 4.69) is 11.4 Å². The van der Waals surface area contributed by atoms with Gasteiger partial charge in [0.1, 0.15) is 5.75 Å². The van der Waals surface area contributed by atoms with Gasteiger partial charge < -0.3 is 15.0 Å². The number of hydrogen-bond acceptors (Lipinski definition) is 4. The van der Waals surface area contributed by atoms with Gasteiger partial charge in [0.05, 0.1) is 19.7 Å². The molecule has 1 aliphatic heterocycles. The molecule has 27 heavy (non-hydrogen) atoms. The van der Waals surface area contributed by atoms with Crippen molar-refractivity contribution in [1.29, 1.82) is 0 Å². The molecule has 2 aromatic rings. The Kier molecular flexibility index (Phi) is 5.76. The highest BCUT2D eigenvalue weighted by Gasteiger charge is 2.30. The Bertz CT molecular complexity index is 837. The van der Waals surface area contributed by atoms with Crippen molar-refractivity contribution in [2.45, 2.75) is 19.4 Å². The molecular weight excluding hydrogens is 342 g/mol. The molecule has 0 saturated heterocycles. The van der Waals surface area contributed by atoms with Crippen LogP contribution in [0.1, 0.15) is 12.5 Å². The first kappa shape index (κ1) is 18.9. The molecule has 2 amide bonds. The Morgan fingerprint density at radius 2 is 2.00 bits per heavy atom. The lowest BCUT2D eigenvalue weighted by Crippen LogP contribution is -2.47. The van der Waals surface area contributed by atoms with Crippen molar-refractivity contribution in [2.75, 3.05) is 37.5 Å². The van der Waals surface area contributed by atoms with Gasteiger partial charge in [-0.15, -0.1) is 0 Å². The van der Waals surface area contributed by atoms with Crippen LogP contribution in [0, 0.1) is 0 Å². The van der Waals surface area contributed by atoms with Crippen LogP contribution in [-0.4, -0.2) is 50.0 Å².